The Morgan fingerprint density at radius 3 is 2.44 bits per heavy atom. The van der Waals surface area contributed by atoms with Crippen LogP contribution in [0.1, 0.15) is 36.3 Å². The summed E-state index contributed by atoms with van der Waals surface area (Å²) in [5, 5.41) is 24.0. The van der Waals surface area contributed by atoms with Crippen molar-refractivity contribution in [1.82, 2.24) is 25.3 Å². The molecule has 178 valence electrons. The van der Waals surface area contributed by atoms with E-state index >= 15 is 0 Å². The molecule has 13 nitrogen and oxygen atoms in total. The van der Waals surface area contributed by atoms with Crippen molar-refractivity contribution < 1.29 is 24.6 Å². The molecule has 0 aliphatic rings. The average Bonchev–Trinajstić information content (AvgIpc) is 2.77. The second-order valence-corrected chi connectivity index (χ2v) is 8.17. The zero-order valence-electron chi connectivity index (χ0n) is 18.3. The lowest BCUT2D eigenvalue weighted by Crippen LogP contribution is -2.45. The first-order valence-electron chi connectivity index (χ1n) is 10.1. The Bertz CT molecular complexity index is 1300. The number of amides is 1. The van der Waals surface area contributed by atoms with Crippen LogP contribution >= 0.6 is 0 Å². The molecular weight excluding hydrogens is 446 g/mol. The molecule has 1 amide bonds. The van der Waals surface area contributed by atoms with Crippen molar-refractivity contribution >= 4 is 40.6 Å². The van der Waals surface area contributed by atoms with Crippen LogP contribution in [0.3, 0.4) is 0 Å². The number of rotatable bonds is 9. The van der Waals surface area contributed by atoms with Crippen molar-refractivity contribution in [2.75, 3.05) is 11.1 Å². The number of aliphatic carboxylic acids is 2. The molecule has 0 saturated heterocycles. The number of aromatic amines is 1. The Labute approximate surface area is 192 Å². The van der Waals surface area contributed by atoms with E-state index in [1.54, 1.807) is 12.1 Å². The van der Waals surface area contributed by atoms with Crippen molar-refractivity contribution in [2.45, 2.75) is 32.9 Å². The van der Waals surface area contributed by atoms with Crippen molar-refractivity contribution in [3.63, 3.8) is 0 Å². The second-order valence-electron chi connectivity index (χ2n) is 8.17. The first-order chi connectivity index (χ1) is 16.0. The van der Waals surface area contributed by atoms with Gasteiger partial charge in [0.1, 0.15) is 6.04 Å². The first kappa shape index (κ1) is 24.1. The van der Waals surface area contributed by atoms with Gasteiger partial charge < -0.3 is 26.6 Å². The average molecular weight is 469 g/mol. The number of nitrogen functional groups attached to an aromatic ring is 1. The summed E-state index contributed by atoms with van der Waals surface area (Å²) in [7, 11) is 0. The number of hydrogen-bond acceptors (Lipinski definition) is 9. The largest absolute Gasteiger partial charge is 0.481 e. The van der Waals surface area contributed by atoms with E-state index in [1.807, 2.05) is 0 Å². The van der Waals surface area contributed by atoms with Crippen LogP contribution in [-0.2, 0) is 16.1 Å². The van der Waals surface area contributed by atoms with Gasteiger partial charge in [0.05, 0.1) is 23.9 Å². The summed E-state index contributed by atoms with van der Waals surface area (Å²) in [5.41, 5.74) is 5.14. The van der Waals surface area contributed by atoms with Crippen LogP contribution in [0, 0.1) is 5.41 Å². The van der Waals surface area contributed by atoms with E-state index in [9.17, 15) is 29.4 Å². The molecule has 1 atom stereocenters. The highest BCUT2D eigenvalue weighted by atomic mass is 16.4. The third kappa shape index (κ3) is 5.62. The SMILES string of the molecule is CC(C)(CC(NC(=O)c1ccc(NCc2cnc3nc(N)[nH]c(=O)c3n2)cc1)C(=O)O)C(=O)O. The molecule has 2 heterocycles. The van der Waals surface area contributed by atoms with Gasteiger partial charge in [0, 0.05) is 11.3 Å². The molecule has 3 aromatic rings. The number of nitrogens with zero attached hydrogens (tertiary/aromatic N) is 3. The van der Waals surface area contributed by atoms with Crippen molar-refractivity contribution in [1.29, 1.82) is 0 Å². The number of nitrogens with one attached hydrogen (secondary N) is 3. The number of nitrogens with two attached hydrogens (primary N) is 1. The molecular formula is C21H23N7O6. The van der Waals surface area contributed by atoms with E-state index in [4.69, 9.17) is 5.73 Å². The summed E-state index contributed by atoms with van der Waals surface area (Å²) in [6.45, 7) is 3.00. The van der Waals surface area contributed by atoms with Gasteiger partial charge in [-0.05, 0) is 44.5 Å². The lowest BCUT2D eigenvalue weighted by atomic mass is 9.85. The molecule has 1 aromatic carbocycles. The molecule has 0 spiro atoms. The summed E-state index contributed by atoms with van der Waals surface area (Å²) < 4.78 is 0. The molecule has 7 N–H and O–H groups in total. The normalized spacial score (nSPS) is 12.2. The lowest BCUT2D eigenvalue weighted by molar-refractivity contribution is -0.149. The van der Waals surface area contributed by atoms with Crippen molar-refractivity contribution in [3.8, 4) is 0 Å². The maximum Gasteiger partial charge on any atom is 0.326 e. The van der Waals surface area contributed by atoms with E-state index < -0.39 is 34.9 Å². The minimum Gasteiger partial charge on any atom is -0.481 e. The maximum atomic E-state index is 12.5. The predicted molar refractivity (Wildman–Crippen MR) is 121 cm³/mol. The van der Waals surface area contributed by atoms with Gasteiger partial charge in [-0.3, -0.25) is 19.4 Å². The fourth-order valence-corrected chi connectivity index (χ4v) is 3.03. The molecule has 0 bridgehead atoms. The van der Waals surface area contributed by atoms with Gasteiger partial charge in [-0.15, -0.1) is 0 Å². The molecule has 2 aromatic heterocycles. The summed E-state index contributed by atoms with van der Waals surface area (Å²) in [4.78, 5) is 61.8. The molecule has 34 heavy (non-hydrogen) atoms. The first-order valence-corrected chi connectivity index (χ1v) is 10.1. The monoisotopic (exact) mass is 469 g/mol. The number of carboxylic acid groups (broad SMARTS) is 2. The van der Waals surface area contributed by atoms with Gasteiger partial charge in [-0.1, -0.05) is 0 Å². The van der Waals surface area contributed by atoms with E-state index in [0.717, 1.165) is 0 Å². The van der Waals surface area contributed by atoms with Crippen molar-refractivity contribution in [3.05, 3.63) is 52.1 Å². The summed E-state index contributed by atoms with van der Waals surface area (Å²) >= 11 is 0. The number of anilines is 2. The molecule has 0 aliphatic heterocycles. The number of benzene rings is 1. The Morgan fingerprint density at radius 2 is 1.82 bits per heavy atom. The van der Waals surface area contributed by atoms with Crippen LogP contribution in [0.25, 0.3) is 11.2 Å². The van der Waals surface area contributed by atoms with Crippen LogP contribution in [-0.4, -0.2) is 54.0 Å². The van der Waals surface area contributed by atoms with Gasteiger partial charge in [-0.2, -0.15) is 4.98 Å². The Balaban J connectivity index is 1.64. The van der Waals surface area contributed by atoms with E-state index in [-0.39, 0.29) is 35.6 Å². The number of fused-ring (bicyclic) bond motifs is 1. The number of carbonyl (C=O) groups excluding carboxylic acids is 1. The number of H-pyrrole nitrogens is 1. The Hall–Kier alpha value is -4.55. The van der Waals surface area contributed by atoms with Gasteiger partial charge in [0.25, 0.3) is 11.5 Å². The second kappa shape index (κ2) is 9.52. The van der Waals surface area contributed by atoms with Crippen LogP contribution < -0.4 is 21.9 Å². The predicted octanol–water partition coefficient (Wildman–Crippen LogP) is 0.591. The summed E-state index contributed by atoms with van der Waals surface area (Å²) in [6.07, 6.45) is 1.18. The van der Waals surface area contributed by atoms with E-state index in [0.29, 0.717) is 11.4 Å². The Kier molecular flexibility index (Phi) is 6.75. The highest BCUT2D eigenvalue weighted by Crippen LogP contribution is 2.23. The Morgan fingerprint density at radius 1 is 1.15 bits per heavy atom. The van der Waals surface area contributed by atoms with Gasteiger partial charge >= 0.3 is 11.9 Å². The highest BCUT2D eigenvalue weighted by molar-refractivity contribution is 5.97. The molecule has 1 unspecified atom stereocenters. The molecule has 0 fully saturated rings. The fourth-order valence-electron chi connectivity index (χ4n) is 3.03. The van der Waals surface area contributed by atoms with E-state index in [2.05, 4.69) is 30.6 Å². The topological polar surface area (TPSA) is 213 Å². The summed E-state index contributed by atoms with van der Waals surface area (Å²) in [5.74, 6) is -3.19. The minimum absolute atomic E-state index is 0.0536. The van der Waals surface area contributed by atoms with Crippen LogP contribution in [0.2, 0.25) is 0 Å². The van der Waals surface area contributed by atoms with Gasteiger partial charge in [0.15, 0.2) is 11.2 Å². The van der Waals surface area contributed by atoms with Gasteiger partial charge in [-0.25, -0.2) is 14.8 Å². The van der Waals surface area contributed by atoms with Crippen LogP contribution in [0.5, 0.6) is 0 Å². The van der Waals surface area contributed by atoms with Crippen LogP contribution in [0.15, 0.2) is 35.3 Å². The van der Waals surface area contributed by atoms with Crippen LogP contribution in [0.4, 0.5) is 11.6 Å². The standard InChI is InChI=1S/C21H23N7O6/c1-21(2,19(33)34)7-13(18(31)32)26-16(29)10-3-5-11(6-4-10)23-8-12-9-24-15-14(25-12)17(30)28-20(22)27-15/h3-6,9,13,23H,7-8H2,1-2H3,(H,26,29)(H,31,32)(H,33,34)(H3,22,24,27,28,30). The molecule has 3 rings (SSSR count). The smallest absolute Gasteiger partial charge is 0.326 e. The third-order valence-electron chi connectivity index (χ3n) is 5.00. The zero-order valence-corrected chi connectivity index (χ0v) is 18.3. The van der Waals surface area contributed by atoms with Gasteiger partial charge in [0.2, 0.25) is 5.95 Å². The summed E-state index contributed by atoms with van der Waals surface area (Å²) in [6, 6.07) is 4.83. The third-order valence-corrected chi connectivity index (χ3v) is 5.00. The maximum absolute atomic E-state index is 12.5. The molecule has 0 radical (unpaired) electrons. The zero-order chi connectivity index (χ0) is 25.0. The fraction of sp³-hybridized carbons (Fsp3) is 0.286. The number of carbonyl (C=O) groups is 3. The minimum atomic E-state index is -1.36. The van der Waals surface area contributed by atoms with Crippen molar-refractivity contribution in [2.24, 2.45) is 5.41 Å². The number of carboxylic acids is 2. The molecule has 0 saturated carbocycles. The molecule has 13 heteroatoms. The number of hydrogen-bond donors (Lipinski definition) is 6. The highest BCUT2D eigenvalue weighted by Gasteiger charge is 2.34. The number of aromatic nitrogens is 4. The van der Waals surface area contributed by atoms with E-state index in [1.165, 1.54) is 32.2 Å². The quantitative estimate of drug-likeness (QED) is 0.255. The lowest BCUT2D eigenvalue weighted by Gasteiger charge is -2.24. The molecule has 0 aliphatic carbocycles.